The molecule has 1 aliphatic rings. The SMILES string of the molecule is FC(F)(F)c1ccccc1NCCN1CCNCC1. The lowest BCUT2D eigenvalue weighted by atomic mass is 10.1. The highest BCUT2D eigenvalue weighted by molar-refractivity contribution is 5.52. The maximum atomic E-state index is 12.8. The van der Waals surface area contributed by atoms with Crippen LogP contribution in [0.25, 0.3) is 0 Å². The molecule has 1 fully saturated rings. The highest BCUT2D eigenvalue weighted by Gasteiger charge is 2.32. The molecule has 2 rings (SSSR count). The van der Waals surface area contributed by atoms with Gasteiger partial charge in [-0.05, 0) is 12.1 Å². The molecule has 0 bridgehead atoms. The number of anilines is 1. The van der Waals surface area contributed by atoms with Crippen LogP contribution in [0.4, 0.5) is 18.9 Å². The minimum absolute atomic E-state index is 0.158. The zero-order valence-electron chi connectivity index (χ0n) is 10.6. The summed E-state index contributed by atoms with van der Waals surface area (Å²) in [6.07, 6.45) is -4.31. The Morgan fingerprint density at radius 2 is 1.84 bits per heavy atom. The number of hydrogen-bond acceptors (Lipinski definition) is 3. The maximum Gasteiger partial charge on any atom is 0.418 e. The van der Waals surface area contributed by atoms with Crippen LogP contribution in [0, 0.1) is 0 Å². The van der Waals surface area contributed by atoms with Crippen LogP contribution in [0.2, 0.25) is 0 Å². The van der Waals surface area contributed by atoms with Gasteiger partial charge >= 0.3 is 6.18 Å². The second kappa shape index (κ2) is 6.25. The van der Waals surface area contributed by atoms with Crippen LogP contribution in [0.5, 0.6) is 0 Å². The van der Waals surface area contributed by atoms with Crippen molar-refractivity contribution < 1.29 is 13.2 Å². The van der Waals surface area contributed by atoms with Crippen molar-refractivity contribution in [3.8, 4) is 0 Å². The Bertz CT molecular complexity index is 400. The molecule has 0 atom stereocenters. The van der Waals surface area contributed by atoms with E-state index in [9.17, 15) is 13.2 Å². The van der Waals surface area contributed by atoms with Gasteiger partial charge < -0.3 is 10.6 Å². The van der Waals surface area contributed by atoms with Gasteiger partial charge in [0.25, 0.3) is 0 Å². The minimum atomic E-state index is -4.31. The van der Waals surface area contributed by atoms with E-state index in [0.29, 0.717) is 6.54 Å². The molecule has 6 heteroatoms. The Balaban J connectivity index is 1.88. The molecule has 0 aromatic heterocycles. The van der Waals surface area contributed by atoms with Gasteiger partial charge in [0, 0.05) is 45.0 Å². The largest absolute Gasteiger partial charge is 0.418 e. The van der Waals surface area contributed by atoms with E-state index in [0.717, 1.165) is 38.8 Å². The van der Waals surface area contributed by atoms with Crippen LogP contribution in [-0.4, -0.2) is 44.2 Å². The fraction of sp³-hybridized carbons (Fsp3) is 0.538. The van der Waals surface area contributed by atoms with E-state index in [2.05, 4.69) is 15.5 Å². The van der Waals surface area contributed by atoms with Crippen LogP contribution in [0.1, 0.15) is 5.56 Å². The van der Waals surface area contributed by atoms with Gasteiger partial charge in [0.2, 0.25) is 0 Å². The molecule has 1 saturated heterocycles. The predicted molar refractivity (Wildman–Crippen MR) is 69.2 cm³/mol. The van der Waals surface area contributed by atoms with E-state index in [-0.39, 0.29) is 5.69 Å². The molecule has 19 heavy (non-hydrogen) atoms. The summed E-state index contributed by atoms with van der Waals surface area (Å²) in [5.74, 6) is 0. The Hall–Kier alpha value is -1.27. The van der Waals surface area contributed by atoms with Crippen LogP contribution in [0.3, 0.4) is 0 Å². The van der Waals surface area contributed by atoms with Crippen LogP contribution in [-0.2, 0) is 6.18 Å². The van der Waals surface area contributed by atoms with E-state index >= 15 is 0 Å². The third-order valence-electron chi connectivity index (χ3n) is 3.19. The van der Waals surface area contributed by atoms with E-state index in [4.69, 9.17) is 0 Å². The number of piperazine rings is 1. The fourth-order valence-corrected chi connectivity index (χ4v) is 2.17. The van der Waals surface area contributed by atoms with Crippen molar-refractivity contribution in [2.24, 2.45) is 0 Å². The van der Waals surface area contributed by atoms with Crippen LogP contribution < -0.4 is 10.6 Å². The number of rotatable bonds is 4. The van der Waals surface area contributed by atoms with Crippen LogP contribution in [0.15, 0.2) is 24.3 Å². The van der Waals surface area contributed by atoms with Gasteiger partial charge in [0.15, 0.2) is 0 Å². The van der Waals surface area contributed by atoms with Crippen molar-refractivity contribution in [2.45, 2.75) is 6.18 Å². The van der Waals surface area contributed by atoms with Gasteiger partial charge in [-0.15, -0.1) is 0 Å². The second-order valence-corrected chi connectivity index (χ2v) is 4.56. The molecule has 2 N–H and O–H groups in total. The van der Waals surface area contributed by atoms with Crippen LogP contribution >= 0.6 is 0 Å². The molecule has 106 valence electrons. The third-order valence-corrected chi connectivity index (χ3v) is 3.19. The number of halogens is 3. The normalized spacial score (nSPS) is 17.4. The Labute approximate surface area is 110 Å². The van der Waals surface area contributed by atoms with Gasteiger partial charge in [-0.3, -0.25) is 4.90 Å². The number of alkyl halides is 3. The molecular formula is C13H18F3N3. The average molecular weight is 273 g/mol. The van der Waals surface area contributed by atoms with Crippen molar-refractivity contribution in [2.75, 3.05) is 44.6 Å². The minimum Gasteiger partial charge on any atom is -0.383 e. The maximum absolute atomic E-state index is 12.8. The Morgan fingerprint density at radius 1 is 1.16 bits per heavy atom. The number of hydrogen-bond donors (Lipinski definition) is 2. The Kier molecular flexibility index (Phi) is 4.66. The number of benzene rings is 1. The number of nitrogens with one attached hydrogen (secondary N) is 2. The van der Waals surface area contributed by atoms with E-state index in [1.807, 2.05) is 0 Å². The zero-order valence-corrected chi connectivity index (χ0v) is 10.6. The van der Waals surface area contributed by atoms with Crippen molar-refractivity contribution in [3.63, 3.8) is 0 Å². The summed E-state index contributed by atoms with van der Waals surface area (Å²) in [5, 5.41) is 6.13. The molecule has 3 nitrogen and oxygen atoms in total. The first-order chi connectivity index (χ1) is 9.07. The first kappa shape index (κ1) is 14.1. The molecule has 1 aromatic carbocycles. The molecule has 0 spiro atoms. The van der Waals surface area contributed by atoms with E-state index < -0.39 is 11.7 Å². The van der Waals surface area contributed by atoms with Gasteiger partial charge in [0.05, 0.1) is 5.56 Å². The molecule has 0 amide bonds. The highest BCUT2D eigenvalue weighted by Crippen LogP contribution is 2.34. The summed E-state index contributed by atoms with van der Waals surface area (Å²) in [4.78, 5) is 2.24. The molecule has 0 radical (unpaired) electrons. The summed E-state index contributed by atoms with van der Waals surface area (Å²) in [5.41, 5.74) is -0.444. The summed E-state index contributed by atoms with van der Waals surface area (Å²) < 4.78 is 38.3. The number of para-hydroxylation sites is 1. The molecule has 0 aliphatic carbocycles. The second-order valence-electron chi connectivity index (χ2n) is 4.56. The lowest BCUT2D eigenvalue weighted by Crippen LogP contribution is -2.45. The predicted octanol–water partition coefficient (Wildman–Crippen LogP) is 2.02. The molecule has 1 aromatic rings. The number of nitrogens with zero attached hydrogens (tertiary/aromatic N) is 1. The van der Waals surface area contributed by atoms with Gasteiger partial charge in [-0.2, -0.15) is 13.2 Å². The van der Waals surface area contributed by atoms with Gasteiger partial charge in [-0.25, -0.2) is 0 Å². The first-order valence-corrected chi connectivity index (χ1v) is 6.40. The molecule has 0 unspecified atom stereocenters. The summed E-state index contributed by atoms with van der Waals surface area (Å²) in [6.45, 7) is 5.06. The lowest BCUT2D eigenvalue weighted by Gasteiger charge is -2.27. The van der Waals surface area contributed by atoms with Crippen molar-refractivity contribution in [3.05, 3.63) is 29.8 Å². The fourth-order valence-electron chi connectivity index (χ4n) is 2.17. The Morgan fingerprint density at radius 3 is 2.53 bits per heavy atom. The standard InChI is InChI=1S/C13H18F3N3/c14-13(15,16)11-3-1-2-4-12(11)18-7-10-19-8-5-17-6-9-19/h1-4,17-18H,5-10H2. The topological polar surface area (TPSA) is 27.3 Å². The summed E-state index contributed by atoms with van der Waals surface area (Å²) in [7, 11) is 0. The zero-order chi connectivity index (χ0) is 13.7. The van der Waals surface area contributed by atoms with E-state index in [1.165, 1.54) is 12.1 Å². The molecule has 1 heterocycles. The molecule has 0 saturated carbocycles. The average Bonchev–Trinajstić information content (AvgIpc) is 2.39. The van der Waals surface area contributed by atoms with Crippen molar-refractivity contribution >= 4 is 5.69 Å². The first-order valence-electron chi connectivity index (χ1n) is 6.40. The summed E-state index contributed by atoms with van der Waals surface area (Å²) >= 11 is 0. The van der Waals surface area contributed by atoms with Gasteiger partial charge in [-0.1, -0.05) is 12.1 Å². The van der Waals surface area contributed by atoms with E-state index in [1.54, 1.807) is 6.07 Å². The smallest absolute Gasteiger partial charge is 0.383 e. The molecular weight excluding hydrogens is 255 g/mol. The van der Waals surface area contributed by atoms with Crippen molar-refractivity contribution in [1.29, 1.82) is 0 Å². The van der Waals surface area contributed by atoms with Crippen molar-refractivity contribution in [1.82, 2.24) is 10.2 Å². The lowest BCUT2D eigenvalue weighted by molar-refractivity contribution is -0.136. The highest BCUT2D eigenvalue weighted by atomic mass is 19.4. The van der Waals surface area contributed by atoms with Gasteiger partial charge in [0.1, 0.15) is 0 Å². The monoisotopic (exact) mass is 273 g/mol. The third kappa shape index (κ3) is 4.11. The quantitative estimate of drug-likeness (QED) is 0.879. The summed E-state index contributed by atoms with van der Waals surface area (Å²) in [6, 6.07) is 5.60. The molecule has 1 aliphatic heterocycles.